The van der Waals surface area contributed by atoms with Crippen LogP contribution in [0.1, 0.15) is 49.0 Å². The molecule has 0 unspecified atom stereocenters. The molecular formula is C17H23N3O3S. The summed E-state index contributed by atoms with van der Waals surface area (Å²) in [4.78, 5) is 12.4. The first kappa shape index (κ1) is 18.2. The monoisotopic (exact) mass is 349 g/mol. The molecule has 0 saturated heterocycles. The second-order valence-corrected chi connectivity index (χ2v) is 6.23. The minimum absolute atomic E-state index is 0.239. The highest BCUT2D eigenvalue weighted by atomic mass is 32.1. The number of nitrogens with one attached hydrogen (secondary N) is 1. The van der Waals surface area contributed by atoms with Crippen molar-refractivity contribution in [3.05, 3.63) is 28.8 Å². The number of benzene rings is 1. The summed E-state index contributed by atoms with van der Waals surface area (Å²) in [5, 5.41) is 12.1. The maximum atomic E-state index is 12.4. The fraction of sp³-hybridized carbons (Fsp3) is 0.471. The Morgan fingerprint density at radius 1 is 1.08 bits per heavy atom. The average molecular weight is 349 g/mol. The van der Waals surface area contributed by atoms with E-state index >= 15 is 0 Å². The van der Waals surface area contributed by atoms with Gasteiger partial charge in [-0.25, -0.2) is 0 Å². The standard InChI is InChI=1S/C17H23N3O3S/c1-4-9-22-13-8-7-12(11-14(13)23-10-5-2)16(21)18-17-20-19-15(6-3)24-17/h7-8,11H,4-6,9-10H2,1-3H3,(H,18,20,21). The summed E-state index contributed by atoms with van der Waals surface area (Å²) < 4.78 is 11.4. The minimum Gasteiger partial charge on any atom is -0.490 e. The Labute approximate surface area is 146 Å². The highest BCUT2D eigenvalue weighted by Gasteiger charge is 2.14. The summed E-state index contributed by atoms with van der Waals surface area (Å²) in [6.07, 6.45) is 2.59. The number of hydrogen-bond donors (Lipinski definition) is 1. The molecule has 0 bridgehead atoms. The fourth-order valence-electron chi connectivity index (χ4n) is 1.92. The lowest BCUT2D eigenvalue weighted by molar-refractivity contribution is 0.102. The van der Waals surface area contributed by atoms with Gasteiger partial charge in [0.05, 0.1) is 13.2 Å². The number of ether oxygens (including phenoxy) is 2. The molecule has 24 heavy (non-hydrogen) atoms. The number of carbonyl (C=O) groups excluding carboxylic acids is 1. The van der Waals surface area contributed by atoms with E-state index in [0.29, 0.717) is 35.4 Å². The van der Waals surface area contributed by atoms with Gasteiger partial charge in [0.2, 0.25) is 5.13 Å². The number of rotatable bonds is 9. The van der Waals surface area contributed by atoms with Gasteiger partial charge in [-0.3, -0.25) is 10.1 Å². The van der Waals surface area contributed by atoms with Gasteiger partial charge in [0.1, 0.15) is 5.01 Å². The van der Waals surface area contributed by atoms with Gasteiger partial charge in [-0.1, -0.05) is 32.1 Å². The van der Waals surface area contributed by atoms with E-state index in [1.165, 1.54) is 11.3 Å². The molecule has 0 aliphatic heterocycles. The summed E-state index contributed by atoms with van der Waals surface area (Å²) in [5.41, 5.74) is 0.498. The largest absolute Gasteiger partial charge is 0.490 e. The van der Waals surface area contributed by atoms with Crippen LogP contribution in [0.5, 0.6) is 11.5 Å². The van der Waals surface area contributed by atoms with Gasteiger partial charge in [-0.05, 0) is 37.5 Å². The van der Waals surface area contributed by atoms with E-state index in [-0.39, 0.29) is 5.91 Å². The van der Waals surface area contributed by atoms with Crippen molar-refractivity contribution in [1.29, 1.82) is 0 Å². The predicted octanol–water partition coefficient (Wildman–Crippen LogP) is 3.93. The molecule has 1 aromatic carbocycles. The first-order valence-electron chi connectivity index (χ1n) is 8.21. The second-order valence-electron chi connectivity index (χ2n) is 5.17. The van der Waals surface area contributed by atoms with E-state index in [9.17, 15) is 4.79 Å². The van der Waals surface area contributed by atoms with E-state index in [1.54, 1.807) is 18.2 Å². The molecule has 1 amide bonds. The predicted molar refractivity (Wildman–Crippen MR) is 95.3 cm³/mol. The minimum atomic E-state index is -0.239. The second kappa shape index (κ2) is 9.22. The van der Waals surface area contributed by atoms with Crippen molar-refractivity contribution in [3.8, 4) is 11.5 Å². The number of aromatic nitrogens is 2. The third-order valence-corrected chi connectivity index (χ3v) is 4.10. The fourth-order valence-corrected chi connectivity index (χ4v) is 2.60. The molecule has 2 rings (SSSR count). The molecule has 0 aliphatic carbocycles. The van der Waals surface area contributed by atoms with Crippen LogP contribution < -0.4 is 14.8 Å². The zero-order chi connectivity index (χ0) is 17.4. The molecule has 0 spiro atoms. The van der Waals surface area contributed by atoms with Gasteiger partial charge < -0.3 is 9.47 Å². The molecule has 2 aromatic rings. The molecule has 0 radical (unpaired) electrons. The van der Waals surface area contributed by atoms with Gasteiger partial charge in [-0.2, -0.15) is 0 Å². The number of amides is 1. The van der Waals surface area contributed by atoms with Crippen LogP contribution in [0.4, 0.5) is 5.13 Å². The van der Waals surface area contributed by atoms with Gasteiger partial charge in [0.15, 0.2) is 11.5 Å². The van der Waals surface area contributed by atoms with Crippen LogP contribution in [0.15, 0.2) is 18.2 Å². The van der Waals surface area contributed by atoms with Crippen molar-refractivity contribution in [2.75, 3.05) is 18.5 Å². The number of hydrogen-bond acceptors (Lipinski definition) is 6. The molecule has 0 saturated carbocycles. The Balaban J connectivity index is 2.14. The van der Waals surface area contributed by atoms with E-state index in [0.717, 1.165) is 24.3 Å². The van der Waals surface area contributed by atoms with Crippen LogP contribution in [0.3, 0.4) is 0 Å². The van der Waals surface area contributed by atoms with Crippen LogP contribution in [0.25, 0.3) is 0 Å². The van der Waals surface area contributed by atoms with Crippen LogP contribution in [-0.2, 0) is 6.42 Å². The Kier molecular flexibility index (Phi) is 6.99. The molecule has 1 N–H and O–H groups in total. The summed E-state index contributed by atoms with van der Waals surface area (Å²) in [6, 6.07) is 5.20. The maximum Gasteiger partial charge on any atom is 0.257 e. The van der Waals surface area contributed by atoms with E-state index < -0.39 is 0 Å². The third kappa shape index (κ3) is 4.92. The number of carbonyl (C=O) groups is 1. The summed E-state index contributed by atoms with van der Waals surface area (Å²) in [7, 11) is 0. The van der Waals surface area contributed by atoms with Gasteiger partial charge in [0.25, 0.3) is 5.91 Å². The van der Waals surface area contributed by atoms with Crippen LogP contribution in [0, 0.1) is 0 Å². The molecule has 0 aliphatic rings. The van der Waals surface area contributed by atoms with Crippen LogP contribution in [0.2, 0.25) is 0 Å². The van der Waals surface area contributed by atoms with Crippen molar-refractivity contribution in [3.63, 3.8) is 0 Å². The zero-order valence-electron chi connectivity index (χ0n) is 14.3. The lowest BCUT2D eigenvalue weighted by Gasteiger charge is -2.13. The number of aryl methyl sites for hydroxylation is 1. The smallest absolute Gasteiger partial charge is 0.257 e. The summed E-state index contributed by atoms with van der Waals surface area (Å²) in [6.45, 7) is 7.26. The number of nitrogens with zero attached hydrogens (tertiary/aromatic N) is 2. The van der Waals surface area contributed by atoms with Crippen molar-refractivity contribution >= 4 is 22.4 Å². The van der Waals surface area contributed by atoms with Crippen molar-refractivity contribution in [2.45, 2.75) is 40.0 Å². The number of anilines is 1. The Morgan fingerprint density at radius 2 is 1.79 bits per heavy atom. The molecule has 1 heterocycles. The SMILES string of the molecule is CCCOc1ccc(C(=O)Nc2nnc(CC)s2)cc1OCCC. The lowest BCUT2D eigenvalue weighted by Crippen LogP contribution is -2.12. The Bertz CT molecular complexity index is 673. The molecule has 6 nitrogen and oxygen atoms in total. The van der Waals surface area contributed by atoms with Gasteiger partial charge in [-0.15, -0.1) is 10.2 Å². The first-order valence-corrected chi connectivity index (χ1v) is 9.02. The summed E-state index contributed by atoms with van der Waals surface area (Å²) >= 11 is 1.38. The van der Waals surface area contributed by atoms with E-state index in [4.69, 9.17) is 9.47 Å². The quantitative estimate of drug-likeness (QED) is 0.742. The highest BCUT2D eigenvalue weighted by molar-refractivity contribution is 7.15. The lowest BCUT2D eigenvalue weighted by atomic mass is 10.2. The zero-order valence-corrected chi connectivity index (χ0v) is 15.1. The van der Waals surface area contributed by atoms with Crippen molar-refractivity contribution in [2.24, 2.45) is 0 Å². The molecule has 1 aromatic heterocycles. The van der Waals surface area contributed by atoms with Crippen molar-refractivity contribution < 1.29 is 14.3 Å². The van der Waals surface area contributed by atoms with Gasteiger partial charge in [0, 0.05) is 5.56 Å². The van der Waals surface area contributed by atoms with Gasteiger partial charge >= 0.3 is 0 Å². The van der Waals surface area contributed by atoms with E-state index in [1.807, 2.05) is 20.8 Å². The maximum absolute atomic E-state index is 12.4. The van der Waals surface area contributed by atoms with Crippen molar-refractivity contribution in [1.82, 2.24) is 10.2 Å². The summed E-state index contributed by atoms with van der Waals surface area (Å²) in [5.74, 6) is 1.01. The Morgan fingerprint density at radius 3 is 2.42 bits per heavy atom. The topological polar surface area (TPSA) is 73.3 Å². The molecular weight excluding hydrogens is 326 g/mol. The molecule has 0 atom stereocenters. The first-order chi connectivity index (χ1) is 11.7. The van der Waals surface area contributed by atoms with E-state index in [2.05, 4.69) is 15.5 Å². The normalized spacial score (nSPS) is 10.5. The third-order valence-electron chi connectivity index (χ3n) is 3.12. The molecule has 130 valence electrons. The average Bonchev–Trinajstić information content (AvgIpc) is 3.05. The molecule has 7 heteroatoms. The highest BCUT2D eigenvalue weighted by Crippen LogP contribution is 2.29. The van der Waals surface area contributed by atoms with Crippen LogP contribution in [-0.4, -0.2) is 29.3 Å². The molecule has 0 fully saturated rings. The van der Waals surface area contributed by atoms with Crippen LogP contribution >= 0.6 is 11.3 Å². The Hall–Kier alpha value is -2.15.